The second-order valence-corrected chi connectivity index (χ2v) is 6.95. The minimum Gasteiger partial charge on any atom is -0.493 e. The molecule has 1 fully saturated rings. The first-order valence-corrected chi connectivity index (χ1v) is 8.62. The fourth-order valence-electron chi connectivity index (χ4n) is 3.32. The van der Waals surface area contributed by atoms with Crippen LogP contribution in [0.3, 0.4) is 0 Å². The Balaban J connectivity index is 1.78. The lowest BCUT2D eigenvalue weighted by Crippen LogP contribution is -2.18. The zero-order valence-electron chi connectivity index (χ0n) is 14.3. The van der Waals surface area contributed by atoms with E-state index in [1.165, 1.54) is 0 Å². The summed E-state index contributed by atoms with van der Waals surface area (Å²) in [5, 5.41) is 0. The third-order valence-electron chi connectivity index (χ3n) is 4.91. The van der Waals surface area contributed by atoms with Crippen LogP contribution in [-0.2, 0) is 0 Å². The van der Waals surface area contributed by atoms with Crippen molar-refractivity contribution < 1.29 is 26.7 Å². The average Bonchev–Trinajstić information content (AvgIpc) is 2.58. The van der Waals surface area contributed by atoms with Crippen LogP contribution in [0.1, 0.15) is 32.6 Å². The molecule has 0 heterocycles. The molecule has 0 spiro atoms. The molecule has 6 heteroatoms. The summed E-state index contributed by atoms with van der Waals surface area (Å²) in [5.41, 5.74) is -1.04. The van der Waals surface area contributed by atoms with Gasteiger partial charge in [0.15, 0.2) is 17.5 Å². The highest BCUT2D eigenvalue weighted by molar-refractivity contribution is 5.66. The predicted molar refractivity (Wildman–Crippen MR) is 88.3 cm³/mol. The minimum absolute atomic E-state index is 0.0189. The summed E-state index contributed by atoms with van der Waals surface area (Å²) >= 11 is 0. The van der Waals surface area contributed by atoms with Gasteiger partial charge in [-0.25, -0.2) is 22.0 Å². The molecule has 0 bridgehead atoms. The first kappa shape index (κ1) is 18.7. The maximum absolute atomic E-state index is 14.3. The molecule has 0 radical (unpaired) electrons. The van der Waals surface area contributed by atoms with E-state index in [1.807, 2.05) is 0 Å². The van der Waals surface area contributed by atoms with Gasteiger partial charge >= 0.3 is 0 Å². The number of hydrogen-bond acceptors (Lipinski definition) is 1. The van der Waals surface area contributed by atoms with Gasteiger partial charge in [-0.3, -0.25) is 0 Å². The van der Waals surface area contributed by atoms with E-state index in [9.17, 15) is 22.0 Å². The Labute approximate surface area is 148 Å². The van der Waals surface area contributed by atoms with Gasteiger partial charge in [0.25, 0.3) is 0 Å². The van der Waals surface area contributed by atoms with Gasteiger partial charge in [-0.15, -0.1) is 0 Å². The van der Waals surface area contributed by atoms with E-state index in [-0.39, 0.29) is 5.75 Å². The fraction of sp³-hybridized carbons (Fsp3) is 0.400. The van der Waals surface area contributed by atoms with Gasteiger partial charge < -0.3 is 4.74 Å². The molecule has 2 aromatic rings. The minimum atomic E-state index is -1.68. The van der Waals surface area contributed by atoms with Crippen molar-refractivity contribution in [2.45, 2.75) is 32.6 Å². The van der Waals surface area contributed by atoms with Crippen molar-refractivity contribution in [2.75, 3.05) is 6.61 Å². The van der Waals surface area contributed by atoms with E-state index in [0.717, 1.165) is 37.8 Å². The monoisotopic (exact) mass is 370 g/mol. The van der Waals surface area contributed by atoms with Crippen molar-refractivity contribution >= 4 is 0 Å². The number of halogens is 5. The summed E-state index contributed by atoms with van der Waals surface area (Å²) in [6, 6.07) is 3.07. The third kappa shape index (κ3) is 4.00. The molecule has 26 heavy (non-hydrogen) atoms. The van der Waals surface area contributed by atoms with E-state index in [1.54, 1.807) is 0 Å². The Morgan fingerprint density at radius 2 is 1.35 bits per heavy atom. The molecule has 2 aromatic carbocycles. The van der Waals surface area contributed by atoms with Gasteiger partial charge in [0.2, 0.25) is 0 Å². The first-order valence-electron chi connectivity index (χ1n) is 8.62. The average molecular weight is 370 g/mol. The predicted octanol–water partition coefficient (Wildman–Crippen LogP) is 6.25. The van der Waals surface area contributed by atoms with Crippen molar-refractivity contribution in [2.24, 2.45) is 11.8 Å². The largest absolute Gasteiger partial charge is 0.493 e. The SMILES string of the molecule is CC1CCC(COc2cc(F)c(-c3cc(F)c(F)c(F)c3)c(F)c2)CC1. The molecule has 1 aliphatic carbocycles. The van der Waals surface area contributed by atoms with Crippen molar-refractivity contribution in [3.63, 3.8) is 0 Å². The Kier molecular flexibility index (Phi) is 5.49. The molecule has 1 saturated carbocycles. The summed E-state index contributed by atoms with van der Waals surface area (Å²) in [4.78, 5) is 0. The summed E-state index contributed by atoms with van der Waals surface area (Å²) < 4.78 is 73.9. The normalized spacial score (nSPS) is 20.2. The van der Waals surface area contributed by atoms with Crippen LogP contribution in [0.5, 0.6) is 5.75 Å². The number of ether oxygens (including phenoxy) is 1. The third-order valence-corrected chi connectivity index (χ3v) is 4.91. The maximum Gasteiger partial charge on any atom is 0.194 e. The second-order valence-electron chi connectivity index (χ2n) is 6.95. The molecule has 3 rings (SSSR count). The molecule has 0 amide bonds. The van der Waals surface area contributed by atoms with Crippen LogP contribution >= 0.6 is 0 Å². The molecule has 0 unspecified atom stereocenters. The summed E-state index contributed by atoms with van der Waals surface area (Å²) in [5.74, 6) is -5.70. The van der Waals surface area contributed by atoms with Gasteiger partial charge in [-0.1, -0.05) is 19.8 Å². The van der Waals surface area contributed by atoms with Crippen LogP contribution < -0.4 is 4.74 Å². The van der Waals surface area contributed by atoms with Crippen molar-refractivity contribution in [3.8, 4) is 16.9 Å². The Bertz CT molecular complexity index is 751. The molecule has 0 aliphatic heterocycles. The Hall–Kier alpha value is -2.11. The molecule has 1 nitrogen and oxygen atoms in total. The van der Waals surface area contributed by atoms with Gasteiger partial charge in [0, 0.05) is 12.1 Å². The van der Waals surface area contributed by atoms with Crippen LogP contribution in [0.4, 0.5) is 22.0 Å². The standard InChI is InChI=1S/C20H19F5O/c1-11-2-4-12(5-3-11)10-26-14-8-15(21)19(16(22)9-14)13-6-17(23)20(25)18(24)7-13/h6-9,11-12H,2-5,10H2,1H3. The van der Waals surface area contributed by atoms with Crippen LogP contribution in [-0.4, -0.2) is 6.61 Å². The van der Waals surface area contributed by atoms with Crippen LogP contribution in [0.15, 0.2) is 24.3 Å². The fourth-order valence-corrected chi connectivity index (χ4v) is 3.32. The lowest BCUT2D eigenvalue weighted by Gasteiger charge is -2.26. The van der Waals surface area contributed by atoms with E-state index in [0.29, 0.717) is 30.6 Å². The van der Waals surface area contributed by atoms with Crippen LogP contribution in [0, 0.1) is 40.9 Å². The van der Waals surface area contributed by atoms with Crippen LogP contribution in [0.2, 0.25) is 0 Å². The summed E-state index contributed by atoms with van der Waals surface area (Å²) in [7, 11) is 0. The summed E-state index contributed by atoms with van der Waals surface area (Å²) in [6.07, 6.45) is 4.24. The molecule has 0 N–H and O–H groups in total. The highest BCUT2D eigenvalue weighted by atomic mass is 19.2. The van der Waals surface area contributed by atoms with Gasteiger partial charge in [-0.2, -0.15) is 0 Å². The number of benzene rings is 2. The molecule has 0 atom stereocenters. The lowest BCUT2D eigenvalue weighted by atomic mass is 9.83. The Morgan fingerprint density at radius 1 is 0.808 bits per heavy atom. The van der Waals surface area contributed by atoms with E-state index in [2.05, 4.69) is 6.92 Å². The highest BCUT2D eigenvalue weighted by Crippen LogP contribution is 2.33. The smallest absolute Gasteiger partial charge is 0.194 e. The quantitative estimate of drug-likeness (QED) is 0.456. The highest BCUT2D eigenvalue weighted by Gasteiger charge is 2.21. The molecular weight excluding hydrogens is 351 g/mol. The van der Waals surface area contributed by atoms with Crippen LogP contribution in [0.25, 0.3) is 11.1 Å². The Morgan fingerprint density at radius 3 is 1.88 bits per heavy atom. The van der Waals surface area contributed by atoms with Crippen molar-refractivity contribution in [1.82, 2.24) is 0 Å². The lowest BCUT2D eigenvalue weighted by molar-refractivity contribution is 0.187. The summed E-state index contributed by atoms with van der Waals surface area (Å²) in [6.45, 7) is 2.56. The topological polar surface area (TPSA) is 9.23 Å². The maximum atomic E-state index is 14.3. The van der Waals surface area contributed by atoms with Gasteiger partial charge in [-0.05, 0) is 42.4 Å². The number of rotatable bonds is 4. The van der Waals surface area contributed by atoms with E-state index in [4.69, 9.17) is 4.74 Å². The molecule has 140 valence electrons. The van der Waals surface area contributed by atoms with E-state index >= 15 is 0 Å². The van der Waals surface area contributed by atoms with Gasteiger partial charge in [0.1, 0.15) is 17.4 Å². The van der Waals surface area contributed by atoms with Crippen molar-refractivity contribution in [3.05, 3.63) is 53.4 Å². The first-order chi connectivity index (χ1) is 12.3. The molecule has 0 aromatic heterocycles. The molecular formula is C20H19F5O. The van der Waals surface area contributed by atoms with Gasteiger partial charge in [0.05, 0.1) is 12.2 Å². The molecule has 0 saturated heterocycles. The molecule has 1 aliphatic rings. The van der Waals surface area contributed by atoms with E-state index < -0.39 is 40.2 Å². The zero-order chi connectivity index (χ0) is 18.8. The zero-order valence-corrected chi connectivity index (χ0v) is 14.3. The second kappa shape index (κ2) is 7.64. The number of hydrogen-bond donors (Lipinski definition) is 0. The van der Waals surface area contributed by atoms with Crippen molar-refractivity contribution in [1.29, 1.82) is 0 Å².